The van der Waals surface area contributed by atoms with Crippen LogP contribution in [0.4, 0.5) is 0 Å². The minimum atomic E-state index is -1.25. The van der Waals surface area contributed by atoms with Crippen LogP contribution in [0.5, 0.6) is 17.2 Å². The Bertz CT molecular complexity index is 1260. The molecule has 36 heavy (non-hydrogen) atoms. The molecule has 0 aromatic heterocycles. The molecule has 1 saturated heterocycles. The van der Waals surface area contributed by atoms with E-state index in [9.17, 15) is 20.2 Å². The summed E-state index contributed by atoms with van der Waals surface area (Å²) in [6.45, 7) is 0.972. The summed E-state index contributed by atoms with van der Waals surface area (Å²) in [4.78, 5) is 13.3. The third kappa shape index (κ3) is 2.83. The topological polar surface area (TPSA) is 111 Å². The number of nitrogens with one attached hydrogen (secondary N) is 1. The van der Waals surface area contributed by atoms with Gasteiger partial charge in [-0.3, -0.25) is 4.79 Å². The summed E-state index contributed by atoms with van der Waals surface area (Å²) in [5.74, 6) is 1.26. The number of aliphatic hydroxyl groups is 1. The van der Waals surface area contributed by atoms with E-state index in [-0.39, 0.29) is 22.3 Å². The number of hydroxylamine groups is 3. The number of aromatic hydroxyl groups is 1. The van der Waals surface area contributed by atoms with E-state index in [4.69, 9.17) is 9.47 Å². The predicted octanol–water partition coefficient (Wildman–Crippen LogP) is 2.78. The van der Waals surface area contributed by atoms with Crippen LogP contribution in [0.1, 0.15) is 53.6 Å². The molecule has 2 aromatic rings. The van der Waals surface area contributed by atoms with Gasteiger partial charge in [0.1, 0.15) is 23.5 Å². The number of carbonyl (C=O) groups is 1. The fourth-order valence-corrected chi connectivity index (χ4v) is 7.92. The molecule has 7 rings (SSSR count). The van der Waals surface area contributed by atoms with E-state index in [1.54, 1.807) is 37.4 Å². The molecule has 6 atom stereocenters. The summed E-state index contributed by atoms with van der Waals surface area (Å²) in [5, 5.41) is 40.7. The van der Waals surface area contributed by atoms with Crippen LogP contribution < -0.4 is 14.8 Å². The van der Waals surface area contributed by atoms with Crippen molar-refractivity contribution < 1.29 is 29.1 Å². The van der Waals surface area contributed by atoms with Crippen molar-refractivity contribution in [3.8, 4) is 17.2 Å². The average molecular weight is 493 g/mol. The van der Waals surface area contributed by atoms with Gasteiger partial charge in [-0.25, -0.2) is 0 Å². The zero-order valence-electron chi connectivity index (χ0n) is 20.4. The quantitative estimate of drug-likeness (QED) is 0.437. The number of ether oxygens (including phenoxy) is 2. The predicted molar refractivity (Wildman–Crippen MR) is 131 cm³/mol. The van der Waals surface area contributed by atoms with E-state index in [1.807, 2.05) is 6.07 Å². The molecule has 2 saturated carbocycles. The van der Waals surface area contributed by atoms with Crippen LogP contribution in [0.2, 0.25) is 0 Å². The summed E-state index contributed by atoms with van der Waals surface area (Å²) in [5.41, 5.74) is 0.226. The highest BCUT2D eigenvalue weighted by molar-refractivity contribution is 5.94. The van der Waals surface area contributed by atoms with Crippen LogP contribution in [0.3, 0.4) is 0 Å². The molecule has 5 aliphatic rings. The molecule has 2 unspecified atom stereocenters. The highest BCUT2D eigenvalue weighted by Gasteiger charge is 2.76. The van der Waals surface area contributed by atoms with Crippen molar-refractivity contribution in [1.82, 2.24) is 5.32 Å². The Morgan fingerprint density at radius 3 is 2.86 bits per heavy atom. The summed E-state index contributed by atoms with van der Waals surface area (Å²) in [6.07, 6.45) is 3.47. The Balaban J connectivity index is 1.29. The average Bonchev–Trinajstić information content (AvgIpc) is 3.60. The Kier molecular flexibility index (Phi) is 4.58. The molecule has 3 aliphatic carbocycles. The van der Waals surface area contributed by atoms with Crippen molar-refractivity contribution in [1.29, 1.82) is 0 Å². The number of phenols is 1. The van der Waals surface area contributed by atoms with Crippen LogP contribution in [-0.2, 0) is 11.8 Å². The van der Waals surface area contributed by atoms with E-state index in [1.165, 1.54) is 0 Å². The van der Waals surface area contributed by atoms with Gasteiger partial charge in [-0.15, -0.1) is 0 Å². The largest absolute Gasteiger partial charge is 0.632 e. The van der Waals surface area contributed by atoms with Crippen molar-refractivity contribution in [3.05, 3.63) is 58.3 Å². The Labute approximate surface area is 210 Å². The first-order chi connectivity index (χ1) is 17.3. The van der Waals surface area contributed by atoms with Gasteiger partial charge in [0, 0.05) is 29.9 Å². The van der Waals surface area contributed by atoms with E-state index < -0.39 is 23.2 Å². The number of benzene rings is 2. The maximum Gasteiger partial charge on any atom is 0.251 e. The highest BCUT2D eigenvalue weighted by Crippen LogP contribution is 2.66. The number of nitrogens with zero attached hydrogens (tertiary/aromatic N) is 1. The maximum absolute atomic E-state index is 14.3. The van der Waals surface area contributed by atoms with Crippen LogP contribution in [0.15, 0.2) is 36.4 Å². The number of piperidine rings is 1. The van der Waals surface area contributed by atoms with E-state index in [0.717, 1.165) is 24.0 Å². The lowest BCUT2D eigenvalue weighted by molar-refractivity contribution is -0.924. The zero-order valence-corrected chi connectivity index (χ0v) is 20.4. The first-order valence-corrected chi connectivity index (χ1v) is 13.1. The zero-order chi connectivity index (χ0) is 24.9. The molecule has 2 heterocycles. The molecule has 3 N–H and O–H groups in total. The fourth-order valence-electron chi connectivity index (χ4n) is 7.92. The van der Waals surface area contributed by atoms with Crippen LogP contribution in [0, 0.1) is 11.1 Å². The second-order valence-electron chi connectivity index (χ2n) is 11.5. The highest BCUT2D eigenvalue weighted by atomic mass is 16.6. The van der Waals surface area contributed by atoms with E-state index >= 15 is 0 Å². The molecule has 190 valence electrons. The fraction of sp³-hybridized carbons (Fsp3) is 0.536. The Morgan fingerprint density at radius 1 is 1.25 bits per heavy atom. The van der Waals surface area contributed by atoms with E-state index in [2.05, 4.69) is 5.32 Å². The number of likely N-dealkylation sites (tertiary alicyclic amines) is 1. The molecule has 2 bridgehead atoms. The smallest absolute Gasteiger partial charge is 0.251 e. The molecule has 0 radical (unpaired) electrons. The normalized spacial score (nSPS) is 37.6. The number of carbonyl (C=O) groups excluding carboxylic acids is 1. The third-order valence-electron chi connectivity index (χ3n) is 9.70. The lowest BCUT2D eigenvalue weighted by Crippen LogP contribution is -2.81. The number of methoxy groups -OCH3 is 1. The first kappa shape index (κ1) is 22.4. The molecule has 2 aliphatic heterocycles. The van der Waals surface area contributed by atoms with Gasteiger partial charge >= 0.3 is 0 Å². The molecular weight excluding hydrogens is 460 g/mol. The lowest BCUT2D eigenvalue weighted by Gasteiger charge is -2.68. The minimum Gasteiger partial charge on any atom is -0.632 e. The van der Waals surface area contributed by atoms with Crippen LogP contribution >= 0.6 is 0 Å². The van der Waals surface area contributed by atoms with Crippen molar-refractivity contribution in [2.75, 3.05) is 20.2 Å². The summed E-state index contributed by atoms with van der Waals surface area (Å²) in [6, 6.07) is 9.66. The summed E-state index contributed by atoms with van der Waals surface area (Å²) < 4.78 is 11.4. The number of quaternary nitrogens is 1. The first-order valence-electron chi connectivity index (χ1n) is 13.1. The molecule has 2 aromatic carbocycles. The number of hydrogen-bond donors (Lipinski definition) is 3. The number of hydrogen-bond acceptors (Lipinski definition) is 6. The molecular formula is C28H32N2O6. The summed E-state index contributed by atoms with van der Waals surface area (Å²) >= 11 is 0. The lowest BCUT2D eigenvalue weighted by atomic mass is 9.48. The van der Waals surface area contributed by atoms with Gasteiger partial charge in [-0.05, 0) is 55.5 Å². The number of rotatable bonds is 5. The molecule has 8 heteroatoms. The number of phenolic OH excluding ortho intramolecular Hbond substituents is 1. The van der Waals surface area contributed by atoms with Gasteiger partial charge in [-0.2, -0.15) is 0 Å². The second-order valence-corrected chi connectivity index (χ2v) is 11.5. The minimum absolute atomic E-state index is 0.0441. The van der Waals surface area contributed by atoms with E-state index in [0.29, 0.717) is 61.8 Å². The molecule has 1 spiro atoms. The Morgan fingerprint density at radius 2 is 2.08 bits per heavy atom. The van der Waals surface area contributed by atoms with Gasteiger partial charge in [0.25, 0.3) is 5.91 Å². The third-order valence-corrected chi connectivity index (χ3v) is 9.70. The van der Waals surface area contributed by atoms with Crippen LogP contribution in [-0.4, -0.2) is 64.8 Å². The van der Waals surface area contributed by atoms with Crippen molar-refractivity contribution in [3.63, 3.8) is 0 Å². The van der Waals surface area contributed by atoms with Gasteiger partial charge in [-0.1, -0.05) is 12.1 Å². The Hall–Kier alpha value is -2.81. The molecule has 8 nitrogen and oxygen atoms in total. The SMILES string of the molecule is COc1cccc(C(=O)N[C@H]2CC[C@@]3(O)[C@H]4Cc5ccc(O)c6c5C3(CC[N+]4([O-])CC3CC3)[C@H]2O6)c1. The monoisotopic (exact) mass is 492 g/mol. The number of amides is 1. The van der Waals surface area contributed by atoms with Gasteiger partial charge in [0.05, 0.1) is 31.7 Å². The van der Waals surface area contributed by atoms with Crippen LogP contribution in [0.25, 0.3) is 0 Å². The second kappa shape index (κ2) is 7.37. The van der Waals surface area contributed by atoms with Crippen molar-refractivity contribution in [2.24, 2.45) is 5.92 Å². The maximum atomic E-state index is 14.3. The standard InChI is InChI=1S/C28H32N2O6/c1-35-19-4-2-3-18(13-19)26(32)29-20-9-10-28(33)22-14-17-7-8-21(31)24-23(17)27(28,25(20)36-24)11-12-30(22,34)15-16-5-6-16/h2-4,7-8,13,16,20,22,25,31,33H,5-6,9-12,14-15H2,1H3,(H,29,32)/t20-,22+,25-,27?,28+,30?/m0/s1. The molecule has 1 amide bonds. The molecule has 3 fully saturated rings. The summed E-state index contributed by atoms with van der Waals surface area (Å²) in [7, 11) is 1.56. The van der Waals surface area contributed by atoms with Gasteiger partial charge in [0.15, 0.2) is 11.5 Å². The van der Waals surface area contributed by atoms with Gasteiger partial charge < -0.3 is 34.9 Å². The van der Waals surface area contributed by atoms with Crippen molar-refractivity contribution >= 4 is 5.91 Å². The van der Waals surface area contributed by atoms with Crippen molar-refractivity contribution in [2.45, 2.75) is 67.7 Å². The van der Waals surface area contributed by atoms with Gasteiger partial charge in [0.2, 0.25) is 0 Å².